The Morgan fingerprint density at radius 1 is 0.509 bits per heavy atom. The molecule has 0 spiro atoms. The fourth-order valence-electron chi connectivity index (χ4n) is 6.28. The molecule has 0 saturated heterocycles. The van der Waals surface area contributed by atoms with Crippen LogP contribution in [0.2, 0.25) is 0 Å². The highest BCUT2D eigenvalue weighted by Crippen LogP contribution is 2.16. The molecule has 55 heavy (non-hydrogen) atoms. The van der Waals surface area contributed by atoms with Gasteiger partial charge in [-0.05, 0) is 89.5 Å². The summed E-state index contributed by atoms with van der Waals surface area (Å²) in [5.74, 6) is -1.29. The highest BCUT2D eigenvalue weighted by Gasteiger charge is 2.11. The largest absolute Gasteiger partial charge is 0.480 e. The second-order valence-electron chi connectivity index (χ2n) is 14.9. The van der Waals surface area contributed by atoms with Gasteiger partial charge < -0.3 is 15.2 Å². The molecule has 314 valence electrons. The van der Waals surface area contributed by atoms with Gasteiger partial charge in [-0.2, -0.15) is 0 Å². The molecule has 6 nitrogen and oxygen atoms in total. The Kier molecular flexibility index (Phi) is 41.1. The van der Waals surface area contributed by atoms with E-state index < -0.39 is 5.97 Å². The van der Waals surface area contributed by atoms with E-state index in [2.05, 4.69) is 92.1 Å². The van der Waals surface area contributed by atoms with Crippen molar-refractivity contribution >= 4 is 17.8 Å². The summed E-state index contributed by atoms with van der Waals surface area (Å²) in [5.41, 5.74) is 0. The number of carbonyl (C=O) groups excluding carboxylic acids is 2. The number of hydrogen-bond donors (Lipinski definition) is 2. The van der Waals surface area contributed by atoms with E-state index in [-0.39, 0.29) is 24.5 Å². The van der Waals surface area contributed by atoms with E-state index in [4.69, 9.17) is 9.84 Å². The third-order valence-electron chi connectivity index (χ3n) is 9.60. The van der Waals surface area contributed by atoms with Crippen LogP contribution >= 0.6 is 0 Å². The molecular formula is C49H83NO5. The first kappa shape index (κ1) is 51.9. The number of hydrogen-bond acceptors (Lipinski definition) is 4. The lowest BCUT2D eigenvalue weighted by molar-refractivity contribution is -0.147. The Hall–Kier alpha value is -3.15. The normalized spacial score (nSPS) is 12.8. The van der Waals surface area contributed by atoms with Gasteiger partial charge >= 0.3 is 11.9 Å². The van der Waals surface area contributed by atoms with E-state index in [1.54, 1.807) is 0 Å². The molecule has 0 aliphatic heterocycles. The molecule has 0 aromatic carbocycles. The van der Waals surface area contributed by atoms with Gasteiger partial charge in [-0.25, -0.2) is 0 Å². The summed E-state index contributed by atoms with van der Waals surface area (Å²) < 4.78 is 5.94. The van der Waals surface area contributed by atoms with Crippen LogP contribution in [0.25, 0.3) is 0 Å². The number of carbonyl (C=O) groups is 3. The summed E-state index contributed by atoms with van der Waals surface area (Å²) in [6.45, 7) is 4.09. The number of allylic oxidation sites excluding steroid dienone is 11. The average molecular weight is 766 g/mol. The van der Waals surface area contributed by atoms with Gasteiger partial charge in [-0.3, -0.25) is 14.4 Å². The fraction of sp³-hybridized carbons (Fsp3) is 0.694. The first-order valence-corrected chi connectivity index (χ1v) is 22.6. The summed E-state index contributed by atoms with van der Waals surface area (Å²) in [7, 11) is 0. The van der Waals surface area contributed by atoms with Gasteiger partial charge in [0.15, 0.2) is 0 Å². The Morgan fingerprint density at radius 3 is 1.47 bits per heavy atom. The van der Waals surface area contributed by atoms with Crippen LogP contribution in [0.15, 0.2) is 72.9 Å². The number of ether oxygens (including phenoxy) is 1. The maximum Gasteiger partial charge on any atom is 0.322 e. The maximum absolute atomic E-state index is 12.7. The quantitative estimate of drug-likeness (QED) is 0.0368. The molecule has 0 heterocycles. The Bertz CT molecular complexity index is 1070. The van der Waals surface area contributed by atoms with E-state index in [1.807, 2.05) is 0 Å². The van der Waals surface area contributed by atoms with Crippen LogP contribution in [0.4, 0.5) is 0 Å². The maximum atomic E-state index is 12.7. The van der Waals surface area contributed by atoms with Gasteiger partial charge in [-0.1, -0.05) is 177 Å². The minimum Gasteiger partial charge on any atom is -0.480 e. The third-order valence-corrected chi connectivity index (χ3v) is 9.60. The van der Waals surface area contributed by atoms with Crippen molar-refractivity contribution in [2.75, 3.05) is 6.54 Å². The van der Waals surface area contributed by atoms with Gasteiger partial charge in [0.1, 0.15) is 12.6 Å². The van der Waals surface area contributed by atoms with Crippen LogP contribution in [0, 0.1) is 0 Å². The zero-order chi connectivity index (χ0) is 40.1. The number of carboxylic acid groups (broad SMARTS) is 1. The number of aliphatic carboxylic acids is 1. The van der Waals surface area contributed by atoms with Gasteiger partial charge in [0, 0.05) is 12.8 Å². The molecule has 0 fully saturated rings. The molecule has 1 atom stereocenters. The number of carboxylic acids is 1. The predicted octanol–water partition coefficient (Wildman–Crippen LogP) is 14.2. The van der Waals surface area contributed by atoms with Gasteiger partial charge in [0.05, 0.1) is 0 Å². The predicted molar refractivity (Wildman–Crippen MR) is 235 cm³/mol. The summed E-state index contributed by atoms with van der Waals surface area (Å²) in [5, 5.41) is 11.1. The highest BCUT2D eigenvalue weighted by molar-refractivity contribution is 5.80. The summed E-state index contributed by atoms with van der Waals surface area (Å²) in [6.07, 6.45) is 59.1. The molecule has 0 bridgehead atoms. The summed E-state index contributed by atoms with van der Waals surface area (Å²) in [4.78, 5) is 34.9. The molecule has 0 rings (SSSR count). The van der Waals surface area contributed by atoms with Crippen molar-refractivity contribution < 1.29 is 24.2 Å². The lowest BCUT2D eigenvalue weighted by Crippen LogP contribution is -2.28. The molecule has 0 aromatic heterocycles. The molecule has 6 heteroatoms. The van der Waals surface area contributed by atoms with Gasteiger partial charge in [-0.15, -0.1) is 0 Å². The average Bonchev–Trinajstić information content (AvgIpc) is 3.17. The first-order valence-electron chi connectivity index (χ1n) is 22.6. The summed E-state index contributed by atoms with van der Waals surface area (Å²) in [6, 6.07) is 0. The van der Waals surface area contributed by atoms with E-state index in [1.165, 1.54) is 83.5 Å². The van der Waals surface area contributed by atoms with Crippen LogP contribution in [-0.2, 0) is 19.1 Å². The molecule has 0 aromatic rings. The Labute approximate surface area is 338 Å². The first-order chi connectivity index (χ1) is 27.0. The fourth-order valence-corrected chi connectivity index (χ4v) is 6.28. The van der Waals surface area contributed by atoms with Crippen LogP contribution in [0.1, 0.15) is 206 Å². The van der Waals surface area contributed by atoms with Gasteiger partial charge in [0.25, 0.3) is 0 Å². The lowest BCUT2D eigenvalue weighted by atomic mass is 10.0. The zero-order valence-corrected chi connectivity index (χ0v) is 35.5. The molecule has 2 N–H and O–H groups in total. The topological polar surface area (TPSA) is 92.7 Å². The van der Waals surface area contributed by atoms with Crippen LogP contribution in [0.3, 0.4) is 0 Å². The molecule has 0 radical (unpaired) electrons. The van der Waals surface area contributed by atoms with Crippen molar-refractivity contribution in [3.8, 4) is 0 Å². The number of unbranched alkanes of at least 4 members (excludes halogenated alkanes) is 19. The molecule has 0 aliphatic rings. The van der Waals surface area contributed by atoms with Crippen molar-refractivity contribution in [3.63, 3.8) is 0 Å². The standard InChI is InChI=1S/C49H83NO5/c1-3-5-7-9-11-13-14-15-16-17-18-19-20-21-22-23-24-25-26-28-30-36-40-44-49(54)55-46(41-37-33-29-27-12-10-8-6-4-2)42-38-34-31-32-35-39-43-47(51)50-45-48(52)53/h5,7,11,13,15-16,18-19,27,29,37,41,46H,3-4,6,8-10,12,14,17,20-26,28,30-36,38-40,42-45H2,1-2H3,(H,50,51)(H,52,53)/b7-5-,13-11-,16-15-,19-18-,29-27-,41-37-. The van der Waals surface area contributed by atoms with Crippen molar-refractivity contribution in [1.82, 2.24) is 5.32 Å². The SMILES string of the molecule is CC/C=C\C/C=C\C/C=C\C/C=C\CCCCCCCCCCCCC(=O)OC(/C=C\C/C=C\CCCCCC)CCCCCCCCC(=O)NCC(=O)O. The molecular weight excluding hydrogens is 683 g/mol. The van der Waals surface area contributed by atoms with Crippen molar-refractivity contribution in [2.24, 2.45) is 0 Å². The Morgan fingerprint density at radius 2 is 0.945 bits per heavy atom. The van der Waals surface area contributed by atoms with Crippen LogP contribution in [0.5, 0.6) is 0 Å². The molecule has 0 saturated carbocycles. The van der Waals surface area contributed by atoms with E-state index >= 15 is 0 Å². The van der Waals surface area contributed by atoms with E-state index in [0.29, 0.717) is 12.8 Å². The smallest absolute Gasteiger partial charge is 0.322 e. The lowest BCUT2D eigenvalue weighted by Gasteiger charge is -2.14. The minimum absolute atomic E-state index is 0.0763. The van der Waals surface area contributed by atoms with E-state index in [9.17, 15) is 14.4 Å². The minimum atomic E-state index is -1.02. The third kappa shape index (κ3) is 43.4. The summed E-state index contributed by atoms with van der Waals surface area (Å²) >= 11 is 0. The van der Waals surface area contributed by atoms with Crippen molar-refractivity contribution in [3.05, 3.63) is 72.9 Å². The monoisotopic (exact) mass is 766 g/mol. The van der Waals surface area contributed by atoms with E-state index in [0.717, 1.165) is 96.3 Å². The van der Waals surface area contributed by atoms with Crippen molar-refractivity contribution in [1.29, 1.82) is 0 Å². The second-order valence-corrected chi connectivity index (χ2v) is 14.9. The Balaban J connectivity index is 4.08. The second kappa shape index (κ2) is 43.6. The molecule has 1 amide bonds. The number of amides is 1. The number of esters is 1. The number of nitrogens with one attached hydrogen (secondary N) is 1. The zero-order valence-electron chi connectivity index (χ0n) is 35.5. The van der Waals surface area contributed by atoms with Crippen molar-refractivity contribution in [2.45, 2.75) is 213 Å². The van der Waals surface area contributed by atoms with Crippen LogP contribution in [-0.4, -0.2) is 35.6 Å². The van der Waals surface area contributed by atoms with Crippen LogP contribution < -0.4 is 5.32 Å². The highest BCUT2D eigenvalue weighted by atomic mass is 16.5. The van der Waals surface area contributed by atoms with Gasteiger partial charge in [0.2, 0.25) is 5.91 Å². The molecule has 0 aliphatic carbocycles. The number of rotatable bonds is 40. The molecule has 1 unspecified atom stereocenters.